The summed E-state index contributed by atoms with van der Waals surface area (Å²) < 4.78 is 27.8. The molecule has 150 valence electrons. The first-order valence-corrected chi connectivity index (χ1v) is 11.8. The van der Waals surface area contributed by atoms with E-state index in [4.69, 9.17) is 0 Å². The molecule has 5 nitrogen and oxygen atoms in total. The van der Waals surface area contributed by atoms with E-state index in [2.05, 4.69) is 4.72 Å². The fourth-order valence-corrected chi connectivity index (χ4v) is 5.52. The molecule has 1 aromatic carbocycles. The molecule has 1 N–H and O–H groups in total. The summed E-state index contributed by atoms with van der Waals surface area (Å²) in [5.41, 5.74) is 1.04. The molecule has 0 bridgehead atoms. The predicted molar refractivity (Wildman–Crippen MR) is 107 cm³/mol. The molecule has 1 aliphatic heterocycles. The van der Waals surface area contributed by atoms with Gasteiger partial charge in [0, 0.05) is 25.6 Å². The van der Waals surface area contributed by atoms with Crippen molar-refractivity contribution in [2.24, 2.45) is 5.92 Å². The van der Waals surface area contributed by atoms with Crippen LogP contribution in [-0.2, 0) is 14.8 Å². The highest BCUT2D eigenvalue weighted by molar-refractivity contribution is 7.89. The Morgan fingerprint density at radius 2 is 1.67 bits per heavy atom. The van der Waals surface area contributed by atoms with Crippen molar-refractivity contribution in [2.75, 3.05) is 13.1 Å². The number of hydrogen-bond acceptors (Lipinski definition) is 3. The second-order valence-electron chi connectivity index (χ2n) is 8.13. The largest absolute Gasteiger partial charge is 0.343 e. The Balaban J connectivity index is 1.44. The van der Waals surface area contributed by atoms with E-state index in [0.29, 0.717) is 37.2 Å². The normalized spacial score (nSPS) is 20.0. The summed E-state index contributed by atoms with van der Waals surface area (Å²) in [6.45, 7) is 3.22. The molecule has 1 amide bonds. The number of nitrogens with zero attached hydrogens (tertiary/aromatic N) is 1. The molecule has 1 aromatic rings. The van der Waals surface area contributed by atoms with Gasteiger partial charge in [-0.2, -0.15) is 0 Å². The summed E-state index contributed by atoms with van der Waals surface area (Å²) in [6, 6.07) is 6.80. The molecule has 0 unspecified atom stereocenters. The van der Waals surface area contributed by atoms with E-state index in [1.165, 1.54) is 32.1 Å². The van der Waals surface area contributed by atoms with E-state index in [-0.39, 0.29) is 11.9 Å². The number of carbonyl (C=O) groups is 1. The minimum Gasteiger partial charge on any atom is -0.343 e. The lowest BCUT2D eigenvalue weighted by atomic mass is 9.86. The first kappa shape index (κ1) is 20.3. The summed E-state index contributed by atoms with van der Waals surface area (Å²) in [5.74, 6) is 0.960. The number of hydrogen-bond donors (Lipinski definition) is 1. The van der Waals surface area contributed by atoms with Crippen LogP contribution in [0.15, 0.2) is 29.2 Å². The number of aryl methyl sites for hydroxylation is 1. The van der Waals surface area contributed by atoms with Crippen LogP contribution in [0.4, 0.5) is 0 Å². The predicted octanol–water partition coefficient (Wildman–Crippen LogP) is 3.62. The molecule has 0 aromatic heterocycles. The monoisotopic (exact) mass is 392 g/mol. The highest BCUT2D eigenvalue weighted by Crippen LogP contribution is 2.27. The molecule has 27 heavy (non-hydrogen) atoms. The van der Waals surface area contributed by atoms with Gasteiger partial charge in [0.05, 0.1) is 4.90 Å². The van der Waals surface area contributed by atoms with Crippen LogP contribution in [-0.4, -0.2) is 38.4 Å². The maximum absolute atomic E-state index is 12.5. The molecule has 2 fully saturated rings. The van der Waals surface area contributed by atoms with Crippen LogP contribution in [0.1, 0.15) is 63.4 Å². The zero-order valence-electron chi connectivity index (χ0n) is 16.3. The Labute approximate surface area is 163 Å². The summed E-state index contributed by atoms with van der Waals surface area (Å²) in [7, 11) is -3.49. The van der Waals surface area contributed by atoms with Gasteiger partial charge in [0.25, 0.3) is 0 Å². The summed E-state index contributed by atoms with van der Waals surface area (Å²) in [5, 5.41) is 0. The van der Waals surface area contributed by atoms with Crippen LogP contribution >= 0.6 is 0 Å². The van der Waals surface area contributed by atoms with Crippen molar-refractivity contribution in [2.45, 2.75) is 75.6 Å². The van der Waals surface area contributed by atoms with Crippen molar-refractivity contribution < 1.29 is 13.2 Å². The van der Waals surface area contributed by atoms with E-state index in [1.807, 2.05) is 24.0 Å². The maximum Gasteiger partial charge on any atom is 0.240 e. The average Bonchev–Trinajstić information content (AvgIpc) is 2.67. The Kier molecular flexibility index (Phi) is 6.93. The number of carbonyl (C=O) groups excluding carboxylic acids is 1. The van der Waals surface area contributed by atoms with E-state index in [1.54, 1.807) is 12.1 Å². The van der Waals surface area contributed by atoms with Crippen molar-refractivity contribution in [3.8, 4) is 0 Å². The lowest BCUT2D eigenvalue weighted by Gasteiger charge is -2.33. The molecule has 1 saturated carbocycles. The summed E-state index contributed by atoms with van der Waals surface area (Å²) in [4.78, 5) is 14.7. The molecular formula is C21H32N2O3S. The maximum atomic E-state index is 12.5. The van der Waals surface area contributed by atoms with Gasteiger partial charge in [-0.15, -0.1) is 0 Å². The molecule has 1 saturated heterocycles. The second-order valence-corrected chi connectivity index (χ2v) is 9.85. The number of amides is 1. The van der Waals surface area contributed by atoms with Crippen molar-refractivity contribution >= 4 is 15.9 Å². The molecule has 0 radical (unpaired) electrons. The topological polar surface area (TPSA) is 66.5 Å². The molecule has 3 rings (SSSR count). The number of nitrogens with one attached hydrogen (secondary N) is 1. The quantitative estimate of drug-likeness (QED) is 0.804. The van der Waals surface area contributed by atoms with E-state index < -0.39 is 10.0 Å². The summed E-state index contributed by atoms with van der Waals surface area (Å²) >= 11 is 0. The average molecular weight is 393 g/mol. The van der Waals surface area contributed by atoms with E-state index in [0.717, 1.165) is 17.9 Å². The molecule has 0 atom stereocenters. The number of rotatable bonds is 6. The second kappa shape index (κ2) is 9.20. The number of benzene rings is 1. The van der Waals surface area contributed by atoms with Crippen molar-refractivity contribution in [1.29, 1.82) is 0 Å². The van der Waals surface area contributed by atoms with Crippen LogP contribution in [0.5, 0.6) is 0 Å². The minimum absolute atomic E-state index is 0.0984. The van der Waals surface area contributed by atoms with Gasteiger partial charge < -0.3 is 4.90 Å². The molecule has 2 aliphatic rings. The van der Waals surface area contributed by atoms with Crippen molar-refractivity contribution in [3.63, 3.8) is 0 Å². The van der Waals surface area contributed by atoms with E-state index >= 15 is 0 Å². The lowest BCUT2D eigenvalue weighted by molar-refractivity contribution is -0.132. The Morgan fingerprint density at radius 3 is 2.30 bits per heavy atom. The summed E-state index contributed by atoms with van der Waals surface area (Å²) in [6.07, 6.45) is 9.53. The third-order valence-corrected chi connectivity index (χ3v) is 7.53. The van der Waals surface area contributed by atoms with Crippen LogP contribution in [0.2, 0.25) is 0 Å². The molecule has 0 spiro atoms. The Hall–Kier alpha value is -1.40. The zero-order chi connectivity index (χ0) is 19.3. The van der Waals surface area contributed by atoms with Gasteiger partial charge in [-0.05, 0) is 44.2 Å². The molecule has 6 heteroatoms. The van der Waals surface area contributed by atoms with Crippen LogP contribution < -0.4 is 4.72 Å². The third-order valence-electron chi connectivity index (χ3n) is 5.99. The minimum atomic E-state index is -3.49. The van der Waals surface area contributed by atoms with Crippen LogP contribution in [0.25, 0.3) is 0 Å². The van der Waals surface area contributed by atoms with Crippen molar-refractivity contribution in [3.05, 3.63) is 29.8 Å². The van der Waals surface area contributed by atoms with Gasteiger partial charge in [0.15, 0.2) is 0 Å². The number of piperidine rings is 1. The SMILES string of the molecule is Cc1ccc(S(=O)(=O)NC2CCN(C(=O)CCC3CCCCC3)CC2)cc1. The van der Waals surface area contributed by atoms with Gasteiger partial charge >= 0.3 is 0 Å². The van der Waals surface area contributed by atoms with Crippen LogP contribution in [0.3, 0.4) is 0 Å². The van der Waals surface area contributed by atoms with Gasteiger partial charge in [-0.25, -0.2) is 13.1 Å². The highest BCUT2D eigenvalue weighted by Gasteiger charge is 2.27. The first-order valence-electron chi connectivity index (χ1n) is 10.3. The van der Waals surface area contributed by atoms with Gasteiger partial charge in [0.2, 0.25) is 15.9 Å². The number of likely N-dealkylation sites (tertiary alicyclic amines) is 1. The molecule has 1 aliphatic carbocycles. The molecule has 1 heterocycles. The van der Waals surface area contributed by atoms with Crippen LogP contribution in [0, 0.1) is 12.8 Å². The molecular weight excluding hydrogens is 360 g/mol. The highest BCUT2D eigenvalue weighted by atomic mass is 32.2. The standard InChI is InChI=1S/C21H32N2O3S/c1-17-7-10-20(11-8-17)27(25,26)22-19-13-15-23(16-14-19)21(24)12-9-18-5-3-2-4-6-18/h7-8,10-11,18-19,22H,2-6,9,12-16H2,1H3. The Morgan fingerprint density at radius 1 is 1.04 bits per heavy atom. The lowest BCUT2D eigenvalue weighted by Crippen LogP contribution is -2.46. The third kappa shape index (κ3) is 5.79. The first-order chi connectivity index (χ1) is 12.9. The smallest absolute Gasteiger partial charge is 0.240 e. The van der Waals surface area contributed by atoms with E-state index in [9.17, 15) is 13.2 Å². The fourth-order valence-electron chi connectivity index (χ4n) is 4.21. The zero-order valence-corrected chi connectivity index (χ0v) is 17.1. The Bertz CT molecular complexity index is 716. The van der Waals surface area contributed by atoms with Gasteiger partial charge in [-0.3, -0.25) is 4.79 Å². The van der Waals surface area contributed by atoms with Gasteiger partial charge in [-0.1, -0.05) is 49.8 Å². The fraction of sp³-hybridized carbons (Fsp3) is 0.667. The van der Waals surface area contributed by atoms with Gasteiger partial charge in [0.1, 0.15) is 0 Å². The van der Waals surface area contributed by atoms with Crippen molar-refractivity contribution in [1.82, 2.24) is 9.62 Å². The number of sulfonamides is 1.